The predicted octanol–water partition coefficient (Wildman–Crippen LogP) is 1.51. The Labute approximate surface area is 108 Å². The maximum Gasteiger partial charge on any atom is 0.0924 e. The Morgan fingerprint density at radius 3 is 2.56 bits per heavy atom. The van der Waals surface area contributed by atoms with Crippen molar-refractivity contribution in [2.24, 2.45) is 5.73 Å². The van der Waals surface area contributed by atoms with Crippen molar-refractivity contribution in [3.8, 4) is 0 Å². The van der Waals surface area contributed by atoms with E-state index in [-0.39, 0.29) is 18.5 Å². The minimum atomic E-state index is 0.114. The Morgan fingerprint density at radius 2 is 2.06 bits per heavy atom. The zero-order chi connectivity index (χ0) is 13.0. The standard InChI is InChI=1S/C14H21N3O/c15-14(16)10-13(11-4-2-1-3-5-11)17(8-9-18)12-6-7-12/h1-5,12-13,18H,6-10H2,(H3,15,16). The molecule has 0 heterocycles. The van der Waals surface area contributed by atoms with Crippen LogP contribution in [0.3, 0.4) is 0 Å². The van der Waals surface area contributed by atoms with E-state index in [1.807, 2.05) is 18.2 Å². The summed E-state index contributed by atoms with van der Waals surface area (Å²) in [6.45, 7) is 0.801. The van der Waals surface area contributed by atoms with Crippen molar-refractivity contribution >= 4 is 5.84 Å². The number of aliphatic hydroxyl groups is 1. The molecule has 4 heteroatoms. The first kappa shape index (κ1) is 13.1. The minimum absolute atomic E-state index is 0.114. The summed E-state index contributed by atoms with van der Waals surface area (Å²) in [5.41, 5.74) is 6.75. The average molecular weight is 247 g/mol. The van der Waals surface area contributed by atoms with E-state index >= 15 is 0 Å². The monoisotopic (exact) mass is 247 g/mol. The van der Waals surface area contributed by atoms with Crippen molar-refractivity contribution in [2.45, 2.75) is 31.3 Å². The zero-order valence-electron chi connectivity index (χ0n) is 10.5. The fourth-order valence-electron chi connectivity index (χ4n) is 2.42. The van der Waals surface area contributed by atoms with E-state index in [0.29, 0.717) is 19.0 Å². The topological polar surface area (TPSA) is 73.3 Å². The van der Waals surface area contributed by atoms with Gasteiger partial charge in [0.15, 0.2) is 0 Å². The number of nitrogens with two attached hydrogens (primary N) is 1. The van der Waals surface area contributed by atoms with Crippen LogP contribution in [0, 0.1) is 5.41 Å². The first-order valence-corrected chi connectivity index (χ1v) is 6.47. The van der Waals surface area contributed by atoms with Crippen LogP contribution in [-0.2, 0) is 0 Å². The molecule has 0 spiro atoms. The molecule has 1 aliphatic rings. The number of rotatable bonds is 7. The summed E-state index contributed by atoms with van der Waals surface area (Å²) in [6, 6.07) is 10.8. The van der Waals surface area contributed by atoms with Crippen LogP contribution < -0.4 is 5.73 Å². The highest BCUT2D eigenvalue weighted by Gasteiger charge is 2.34. The number of amidine groups is 1. The van der Waals surface area contributed by atoms with Gasteiger partial charge in [-0.1, -0.05) is 30.3 Å². The number of nitrogens with one attached hydrogen (secondary N) is 1. The van der Waals surface area contributed by atoms with Crippen molar-refractivity contribution in [1.29, 1.82) is 5.41 Å². The van der Waals surface area contributed by atoms with E-state index in [4.69, 9.17) is 11.1 Å². The largest absolute Gasteiger partial charge is 0.395 e. The van der Waals surface area contributed by atoms with Crippen LogP contribution in [0.25, 0.3) is 0 Å². The van der Waals surface area contributed by atoms with Gasteiger partial charge < -0.3 is 10.8 Å². The lowest BCUT2D eigenvalue weighted by Gasteiger charge is -2.31. The summed E-state index contributed by atoms with van der Waals surface area (Å²) in [5.74, 6) is 0.201. The van der Waals surface area contributed by atoms with Gasteiger partial charge in [-0.3, -0.25) is 10.3 Å². The summed E-state index contributed by atoms with van der Waals surface area (Å²) < 4.78 is 0. The second-order valence-corrected chi connectivity index (χ2v) is 4.85. The molecule has 0 aromatic heterocycles. The van der Waals surface area contributed by atoms with E-state index in [1.165, 1.54) is 18.4 Å². The number of hydrogen-bond acceptors (Lipinski definition) is 3. The Bertz CT molecular complexity index is 389. The molecule has 1 aromatic carbocycles. The normalized spacial score (nSPS) is 16.8. The molecule has 1 aliphatic carbocycles. The highest BCUT2D eigenvalue weighted by molar-refractivity contribution is 5.77. The van der Waals surface area contributed by atoms with Gasteiger partial charge in [0, 0.05) is 25.0 Å². The molecule has 0 aliphatic heterocycles. The molecule has 0 saturated heterocycles. The lowest BCUT2D eigenvalue weighted by atomic mass is 10.0. The van der Waals surface area contributed by atoms with E-state index in [0.717, 1.165) is 0 Å². The highest BCUT2D eigenvalue weighted by Crippen LogP contribution is 2.35. The van der Waals surface area contributed by atoms with Crippen LogP contribution in [0.4, 0.5) is 0 Å². The zero-order valence-corrected chi connectivity index (χ0v) is 10.5. The maximum absolute atomic E-state index is 9.22. The molecule has 0 bridgehead atoms. The van der Waals surface area contributed by atoms with Gasteiger partial charge in [0.05, 0.1) is 12.4 Å². The number of aliphatic hydroxyl groups excluding tert-OH is 1. The number of hydrogen-bond donors (Lipinski definition) is 3. The molecular weight excluding hydrogens is 226 g/mol. The Balaban J connectivity index is 2.20. The molecule has 0 amide bonds. The third kappa shape index (κ3) is 3.31. The number of benzene rings is 1. The summed E-state index contributed by atoms with van der Waals surface area (Å²) in [6.07, 6.45) is 2.89. The Hall–Kier alpha value is -1.39. The van der Waals surface area contributed by atoms with Crippen LogP contribution in [0.1, 0.15) is 30.9 Å². The van der Waals surface area contributed by atoms with Crippen LogP contribution in [-0.4, -0.2) is 35.0 Å². The predicted molar refractivity (Wildman–Crippen MR) is 72.5 cm³/mol. The molecule has 1 fully saturated rings. The van der Waals surface area contributed by atoms with Gasteiger partial charge in [-0.15, -0.1) is 0 Å². The molecule has 1 unspecified atom stereocenters. The highest BCUT2D eigenvalue weighted by atomic mass is 16.3. The molecule has 4 N–H and O–H groups in total. The van der Waals surface area contributed by atoms with E-state index in [1.54, 1.807) is 0 Å². The molecule has 1 atom stereocenters. The second kappa shape index (κ2) is 5.98. The third-order valence-electron chi connectivity index (χ3n) is 3.37. The van der Waals surface area contributed by atoms with Crippen LogP contribution in [0.5, 0.6) is 0 Å². The first-order chi connectivity index (χ1) is 8.72. The fraction of sp³-hybridized carbons (Fsp3) is 0.500. The molecule has 1 aromatic rings. The van der Waals surface area contributed by atoms with Gasteiger partial charge in [0.1, 0.15) is 0 Å². The lowest BCUT2D eigenvalue weighted by molar-refractivity contribution is 0.144. The summed E-state index contributed by atoms with van der Waals surface area (Å²) in [7, 11) is 0. The van der Waals surface area contributed by atoms with Crippen LogP contribution in [0.15, 0.2) is 30.3 Å². The molecule has 18 heavy (non-hydrogen) atoms. The molecular formula is C14H21N3O. The van der Waals surface area contributed by atoms with Gasteiger partial charge in [-0.2, -0.15) is 0 Å². The minimum Gasteiger partial charge on any atom is -0.395 e. The summed E-state index contributed by atoms with van der Waals surface area (Å²) >= 11 is 0. The van der Waals surface area contributed by atoms with Crippen molar-refractivity contribution < 1.29 is 5.11 Å². The number of nitrogens with zero attached hydrogens (tertiary/aromatic N) is 1. The smallest absolute Gasteiger partial charge is 0.0924 e. The molecule has 4 nitrogen and oxygen atoms in total. The van der Waals surface area contributed by atoms with Gasteiger partial charge in [0.2, 0.25) is 0 Å². The van der Waals surface area contributed by atoms with E-state index < -0.39 is 0 Å². The fourth-order valence-corrected chi connectivity index (χ4v) is 2.42. The van der Waals surface area contributed by atoms with Gasteiger partial charge in [-0.05, 0) is 18.4 Å². The van der Waals surface area contributed by atoms with E-state index in [2.05, 4.69) is 17.0 Å². The van der Waals surface area contributed by atoms with Gasteiger partial charge in [0.25, 0.3) is 0 Å². The van der Waals surface area contributed by atoms with Gasteiger partial charge >= 0.3 is 0 Å². The van der Waals surface area contributed by atoms with Crippen molar-refractivity contribution in [1.82, 2.24) is 4.90 Å². The summed E-state index contributed by atoms with van der Waals surface area (Å²) in [4.78, 5) is 2.29. The Kier molecular flexibility index (Phi) is 4.33. The first-order valence-electron chi connectivity index (χ1n) is 6.47. The van der Waals surface area contributed by atoms with Crippen LogP contribution in [0.2, 0.25) is 0 Å². The molecule has 0 radical (unpaired) electrons. The quantitative estimate of drug-likeness (QED) is 0.505. The lowest BCUT2D eigenvalue weighted by Crippen LogP contribution is -2.35. The van der Waals surface area contributed by atoms with Crippen LogP contribution >= 0.6 is 0 Å². The molecule has 2 rings (SSSR count). The molecule has 98 valence electrons. The Morgan fingerprint density at radius 1 is 1.39 bits per heavy atom. The third-order valence-corrected chi connectivity index (χ3v) is 3.37. The van der Waals surface area contributed by atoms with Crippen molar-refractivity contribution in [3.63, 3.8) is 0 Å². The maximum atomic E-state index is 9.22. The van der Waals surface area contributed by atoms with Crippen molar-refractivity contribution in [2.75, 3.05) is 13.2 Å². The van der Waals surface area contributed by atoms with E-state index in [9.17, 15) is 5.11 Å². The summed E-state index contributed by atoms with van der Waals surface area (Å²) in [5, 5.41) is 16.8. The average Bonchev–Trinajstić information content (AvgIpc) is 3.18. The van der Waals surface area contributed by atoms with Gasteiger partial charge in [-0.25, -0.2) is 0 Å². The SMILES string of the molecule is N=C(N)CC(c1ccccc1)N(CCO)C1CC1. The van der Waals surface area contributed by atoms with Crippen molar-refractivity contribution in [3.05, 3.63) is 35.9 Å². The molecule has 1 saturated carbocycles. The second-order valence-electron chi connectivity index (χ2n) is 4.85.